The van der Waals surface area contributed by atoms with Crippen molar-refractivity contribution in [2.45, 2.75) is 19.8 Å². The van der Waals surface area contributed by atoms with Crippen LogP contribution in [0.1, 0.15) is 24.5 Å². The van der Waals surface area contributed by atoms with E-state index in [1.165, 1.54) is 11.8 Å². The van der Waals surface area contributed by atoms with Crippen molar-refractivity contribution in [3.05, 3.63) is 45.0 Å². The van der Waals surface area contributed by atoms with E-state index < -0.39 is 5.91 Å². The molecule has 1 aromatic rings. The first kappa shape index (κ1) is 15.8. The largest absolute Gasteiger partial charge is 0.495 e. The van der Waals surface area contributed by atoms with Crippen LogP contribution in [0, 0.1) is 0 Å². The first-order valence-corrected chi connectivity index (χ1v) is 7.65. The van der Waals surface area contributed by atoms with Crippen molar-refractivity contribution in [2.24, 2.45) is 11.5 Å². The van der Waals surface area contributed by atoms with E-state index in [2.05, 4.69) is 6.08 Å². The fourth-order valence-corrected chi connectivity index (χ4v) is 3.43. The number of methoxy groups -OCH3 is 1. The van der Waals surface area contributed by atoms with E-state index in [1.54, 1.807) is 14.0 Å². The van der Waals surface area contributed by atoms with Crippen LogP contribution in [-0.2, 0) is 11.2 Å². The van der Waals surface area contributed by atoms with Gasteiger partial charge in [-0.2, -0.15) is 0 Å². The molecule has 0 spiro atoms. The number of nitrogens with two attached hydrogens (primary N) is 2. The van der Waals surface area contributed by atoms with Crippen LogP contribution in [-0.4, -0.2) is 13.0 Å². The third kappa shape index (κ3) is 3.19. The van der Waals surface area contributed by atoms with Crippen molar-refractivity contribution in [1.82, 2.24) is 0 Å². The molecule has 1 aliphatic carbocycles. The Bertz CT molecular complexity index is 653. The fraction of sp³-hybridized carbons (Fsp3) is 0.267. The monoisotopic (exact) mass is 324 g/mol. The molecule has 1 amide bonds. The van der Waals surface area contributed by atoms with Gasteiger partial charge in [-0.25, -0.2) is 0 Å². The number of ether oxygens (including phenoxy) is 1. The van der Waals surface area contributed by atoms with Gasteiger partial charge in [-0.3, -0.25) is 4.79 Å². The molecule has 6 heteroatoms. The van der Waals surface area contributed by atoms with Crippen LogP contribution < -0.4 is 16.2 Å². The first-order chi connectivity index (χ1) is 9.95. The molecular formula is C15H17ClN2O2S. The number of hydrogen-bond acceptors (Lipinski definition) is 4. The Morgan fingerprint density at radius 1 is 1.38 bits per heavy atom. The number of carbonyl (C=O) groups excluding carboxylic acids is 1. The number of benzene rings is 1. The van der Waals surface area contributed by atoms with Gasteiger partial charge in [-0.05, 0) is 43.0 Å². The van der Waals surface area contributed by atoms with Gasteiger partial charge in [-0.15, -0.1) is 0 Å². The summed E-state index contributed by atoms with van der Waals surface area (Å²) in [6.07, 6.45) is 3.82. The lowest BCUT2D eigenvalue weighted by molar-refractivity contribution is -0.114. The Morgan fingerprint density at radius 2 is 2.10 bits per heavy atom. The summed E-state index contributed by atoms with van der Waals surface area (Å²) in [4.78, 5) is 12.2. The van der Waals surface area contributed by atoms with Crippen LogP contribution in [0.5, 0.6) is 5.75 Å². The van der Waals surface area contributed by atoms with Crippen molar-refractivity contribution in [3.63, 3.8) is 0 Å². The maximum Gasteiger partial charge on any atom is 0.246 e. The maximum atomic E-state index is 11.2. The van der Waals surface area contributed by atoms with E-state index in [1.807, 2.05) is 12.1 Å². The summed E-state index contributed by atoms with van der Waals surface area (Å²) >= 11 is 7.70. The van der Waals surface area contributed by atoms with E-state index in [9.17, 15) is 4.79 Å². The average Bonchev–Trinajstić information content (AvgIpc) is 2.47. The second kappa shape index (κ2) is 6.45. The number of amides is 1. The van der Waals surface area contributed by atoms with Crippen LogP contribution in [0.15, 0.2) is 28.8 Å². The number of fused-ring (bicyclic) bond motifs is 1. The highest BCUT2D eigenvalue weighted by molar-refractivity contribution is 8.11. The van der Waals surface area contributed by atoms with Gasteiger partial charge in [0.05, 0.1) is 17.2 Å². The Kier molecular flexibility index (Phi) is 4.85. The minimum Gasteiger partial charge on any atom is -0.495 e. The van der Waals surface area contributed by atoms with Gasteiger partial charge in [-0.1, -0.05) is 29.4 Å². The quantitative estimate of drug-likeness (QED) is 0.834. The molecule has 0 atom stereocenters. The second-order valence-electron chi connectivity index (χ2n) is 4.67. The highest BCUT2D eigenvalue weighted by Gasteiger charge is 2.20. The molecule has 0 fully saturated rings. The Morgan fingerprint density at radius 3 is 2.71 bits per heavy atom. The molecule has 4 N–H and O–H groups in total. The first-order valence-electron chi connectivity index (χ1n) is 6.45. The lowest BCUT2D eigenvalue weighted by atomic mass is 9.97. The topological polar surface area (TPSA) is 78.3 Å². The summed E-state index contributed by atoms with van der Waals surface area (Å²) in [5.74, 6) is 0.155. The molecule has 4 nitrogen and oxygen atoms in total. The number of thioether (sulfide) groups is 1. The standard InChI is InChI=1S/C15H17ClN2O2S/c1-8(14(17)19)15(18)21-12-5-3-4-10-9(12)6-7-11(20-2)13(10)16/h5-7H,3-4,18H2,1-2H3,(H2,17,19)/b15-8+. The fourth-order valence-electron chi connectivity index (χ4n) is 2.10. The van der Waals surface area contributed by atoms with E-state index in [0.717, 1.165) is 28.9 Å². The predicted molar refractivity (Wildman–Crippen MR) is 88.0 cm³/mol. The molecule has 1 aromatic carbocycles. The number of carbonyl (C=O) groups is 1. The third-order valence-electron chi connectivity index (χ3n) is 3.38. The number of primary amides is 1. The predicted octanol–water partition coefficient (Wildman–Crippen LogP) is 3.04. The molecule has 0 saturated carbocycles. The number of allylic oxidation sites excluding steroid dienone is 1. The van der Waals surface area contributed by atoms with Crippen molar-refractivity contribution >= 4 is 34.2 Å². The highest BCUT2D eigenvalue weighted by Crippen LogP contribution is 2.42. The molecule has 0 aliphatic heterocycles. The minimum absolute atomic E-state index is 0.368. The van der Waals surface area contributed by atoms with Crippen LogP contribution in [0.3, 0.4) is 0 Å². The molecule has 0 unspecified atom stereocenters. The van der Waals surface area contributed by atoms with Gasteiger partial charge in [0.2, 0.25) is 5.91 Å². The Labute approximate surface area is 133 Å². The smallest absolute Gasteiger partial charge is 0.246 e. The molecule has 0 aromatic heterocycles. The molecule has 1 aliphatic rings. The van der Waals surface area contributed by atoms with Crippen LogP contribution in [0.2, 0.25) is 5.02 Å². The van der Waals surface area contributed by atoms with Crippen molar-refractivity contribution in [2.75, 3.05) is 7.11 Å². The summed E-state index contributed by atoms with van der Waals surface area (Å²) in [5.41, 5.74) is 13.6. The average molecular weight is 325 g/mol. The van der Waals surface area contributed by atoms with E-state index >= 15 is 0 Å². The van der Waals surface area contributed by atoms with E-state index in [4.69, 9.17) is 27.8 Å². The summed E-state index contributed by atoms with van der Waals surface area (Å²) in [5, 5.41) is 1.05. The summed E-state index contributed by atoms with van der Waals surface area (Å²) in [6.45, 7) is 1.62. The van der Waals surface area contributed by atoms with Crippen LogP contribution in [0.4, 0.5) is 0 Å². The van der Waals surface area contributed by atoms with Gasteiger partial charge in [0.25, 0.3) is 0 Å². The normalized spacial score (nSPS) is 14.9. The zero-order chi connectivity index (χ0) is 15.6. The highest BCUT2D eigenvalue weighted by atomic mass is 35.5. The maximum absolute atomic E-state index is 11.2. The van der Waals surface area contributed by atoms with Gasteiger partial charge in [0.1, 0.15) is 5.75 Å². The number of halogens is 1. The van der Waals surface area contributed by atoms with Crippen LogP contribution in [0.25, 0.3) is 4.91 Å². The zero-order valence-electron chi connectivity index (χ0n) is 11.9. The summed E-state index contributed by atoms with van der Waals surface area (Å²) in [7, 11) is 1.60. The van der Waals surface area contributed by atoms with E-state index in [0.29, 0.717) is 21.4 Å². The van der Waals surface area contributed by atoms with E-state index in [-0.39, 0.29) is 0 Å². The number of hydrogen-bond donors (Lipinski definition) is 2. The van der Waals surface area contributed by atoms with Gasteiger partial charge in [0, 0.05) is 10.5 Å². The molecule has 0 heterocycles. The molecule has 112 valence electrons. The second-order valence-corrected chi connectivity index (χ2v) is 6.13. The minimum atomic E-state index is -0.510. The van der Waals surface area contributed by atoms with Crippen molar-refractivity contribution < 1.29 is 9.53 Å². The Balaban J connectivity index is 2.38. The molecule has 0 saturated heterocycles. The van der Waals surface area contributed by atoms with Gasteiger partial charge in [0.15, 0.2) is 0 Å². The summed E-state index contributed by atoms with van der Waals surface area (Å²) in [6, 6.07) is 3.80. The van der Waals surface area contributed by atoms with Crippen molar-refractivity contribution in [1.29, 1.82) is 0 Å². The Hall–Kier alpha value is -1.59. The SMILES string of the molecule is COc1ccc2c(c1Cl)CCC=C2S/C(N)=C(\C)C(N)=O. The summed E-state index contributed by atoms with van der Waals surface area (Å²) < 4.78 is 5.24. The van der Waals surface area contributed by atoms with Crippen molar-refractivity contribution in [3.8, 4) is 5.75 Å². The number of rotatable bonds is 4. The molecular weight excluding hydrogens is 308 g/mol. The third-order valence-corrected chi connectivity index (χ3v) is 4.92. The molecule has 0 bridgehead atoms. The zero-order valence-corrected chi connectivity index (χ0v) is 13.5. The lowest BCUT2D eigenvalue weighted by Gasteiger charge is -2.20. The van der Waals surface area contributed by atoms with Crippen LogP contribution >= 0.6 is 23.4 Å². The molecule has 2 rings (SSSR count). The molecule has 21 heavy (non-hydrogen) atoms. The molecule has 0 radical (unpaired) electrons. The van der Waals surface area contributed by atoms with Gasteiger partial charge < -0.3 is 16.2 Å². The van der Waals surface area contributed by atoms with Gasteiger partial charge >= 0.3 is 0 Å². The lowest BCUT2D eigenvalue weighted by Crippen LogP contribution is -2.15.